The molecule has 0 rings (SSSR count). The molecule has 0 fully saturated rings. The van der Waals surface area contributed by atoms with Crippen LogP contribution in [0.15, 0.2) is 72.9 Å². The average Bonchev–Trinajstić information content (AvgIpc) is 2.68. The van der Waals surface area contributed by atoms with Crippen molar-refractivity contribution in [2.45, 2.75) is 58.3 Å². The van der Waals surface area contributed by atoms with E-state index in [1.54, 1.807) is 0 Å². The highest BCUT2D eigenvalue weighted by atomic mass is 16.3. The molecule has 0 atom stereocenters. The molecule has 0 aliphatic rings. The van der Waals surface area contributed by atoms with Crippen molar-refractivity contribution in [2.24, 2.45) is 0 Å². The fourth-order valence-corrected chi connectivity index (χ4v) is 2.01. The summed E-state index contributed by atoms with van der Waals surface area (Å²) in [4.78, 5) is 11.6. The SMILES string of the molecule is [2H]C([2H])(O)C([2H])([2H])NC(=O)CC/C=C\C/C=C\C/C=C\C/C=C/C/C=C\C/C=C\CC. The third kappa shape index (κ3) is 21.8. The Morgan fingerprint density at radius 1 is 0.778 bits per heavy atom. The lowest BCUT2D eigenvalue weighted by Crippen LogP contribution is -2.25. The lowest BCUT2D eigenvalue weighted by atomic mass is 10.2. The molecule has 3 nitrogen and oxygen atoms in total. The summed E-state index contributed by atoms with van der Waals surface area (Å²) in [5.74, 6) is -0.651. The molecule has 27 heavy (non-hydrogen) atoms. The quantitative estimate of drug-likeness (QED) is 0.346. The molecule has 0 aromatic rings. The zero-order valence-corrected chi connectivity index (χ0v) is 16.4. The first-order valence-electron chi connectivity index (χ1n) is 11.6. The molecular formula is C24H37NO2. The van der Waals surface area contributed by atoms with Gasteiger partial charge in [0, 0.05) is 12.9 Å². The van der Waals surface area contributed by atoms with Gasteiger partial charge in [0.15, 0.2) is 0 Å². The van der Waals surface area contributed by atoms with Gasteiger partial charge in [-0.15, -0.1) is 0 Å². The summed E-state index contributed by atoms with van der Waals surface area (Å²) in [5.41, 5.74) is 0. The molecule has 0 spiro atoms. The molecule has 0 aliphatic carbocycles. The minimum atomic E-state index is -3.13. The lowest BCUT2D eigenvalue weighted by Gasteiger charge is -1.99. The van der Waals surface area contributed by atoms with E-state index in [0.717, 1.165) is 38.5 Å². The van der Waals surface area contributed by atoms with Crippen molar-refractivity contribution in [3.8, 4) is 0 Å². The van der Waals surface area contributed by atoms with E-state index in [2.05, 4.69) is 61.6 Å². The minimum Gasteiger partial charge on any atom is -0.395 e. The predicted octanol–water partition coefficient (Wildman–Crippen LogP) is 5.57. The van der Waals surface area contributed by atoms with Crippen molar-refractivity contribution in [2.75, 3.05) is 13.1 Å². The number of hydrogen-bond donors (Lipinski definition) is 2. The van der Waals surface area contributed by atoms with Gasteiger partial charge in [0.2, 0.25) is 5.91 Å². The van der Waals surface area contributed by atoms with Crippen LogP contribution in [-0.4, -0.2) is 24.1 Å². The molecule has 2 N–H and O–H groups in total. The van der Waals surface area contributed by atoms with Gasteiger partial charge >= 0.3 is 0 Å². The van der Waals surface area contributed by atoms with E-state index in [-0.39, 0.29) is 6.42 Å². The zero-order valence-electron chi connectivity index (χ0n) is 20.4. The summed E-state index contributed by atoms with van der Waals surface area (Å²) in [6.45, 7) is -3.81. The number of carbonyl (C=O) groups excluding carboxylic acids is 1. The molecule has 1 amide bonds. The van der Waals surface area contributed by atoms with Crippen LogP contribution in [0.5, 0.6) is 0 Å². The van der Waals surface area contributed by atoms with E-state index < -0.39 is 19.0 Å². The monoisotopic (exact) mass is 375 g/mol. The van der Waals surface area contributed by atoms with E-state index in [1.807, 2.05) is 23.5 Å². The first-order valence-corrected chi connectivity index (χ1v) is 9.64. The highest BCUT2D eigenvalue weighted by Gasteiger charge is 1.96. The van der Waals surface area contributed by atoms with Gasteiger partial charge < -0.3 is 10.4 Å². The fraction of sp³-hybridized carbons (Fsp3) is 0.458. The van der Waals surface area contributed by atoms with Gasteiger partial charge in [0.1, 0.15) is 0 Å². The van der Waals surface area contributed by atoms with Crippen molar-refractivity contribution in [1.29, 1.82) is 0 Å². The van der Waals surface area contributed by atoms with Gasteiger partial charge in [0.25, 0.3) is 0 Å². The number of aliphatic hydroxyl groups is 1. The first kappa shape index (κ1) is 18.2. The average molecular weight is 376 g/mol. The van der Waals surface area contributed by atoms with Gasteiger partial charge in [-0.2, -0.15) is 0 Å². The van der Waals surface area contributed by atoms with Crippen LogP contribution in [-0.2, 0) is 4.79 Å². The number of allylic oxidation sites excluding steroid dienone is 12. The maximum absolute atomic E-state index is 11.6. The van der Waals surface area contributed by atoms with Gasteiger partial charge in [0.05, 0.1) is 12.0 Å². The summed E-state index contributed by atoms with van der Waals surface area (Å²) in [5, 5.41) is 10.9. The van der Waals surface area contributed by atoms with Crippen molar-refractivity contribution in [3.63, 3.8) is 0 Å². The second-order valence-electron chi connectivity index (χ2n) is 5.74. The molecule has 3 heteroatoms. The van der Waals surface area contributed by atoms with E-state index >= 15 is 0 Å². The normalized spacial score (nSPS) is 16.1. The molecule has 0 heterocycles. The Morgan fingerprint density at radius 2 is 1.19 bits per heavy atom. The van der Waals surface area contributed by atoms with Gasteiger partial charge in [-0.1, -0.05) is 79.8 Å². The molecule has 0 bridgehead atoms. The molecule has 0 aromatic heterocycles. The predicted molar refractivity (Wildman–Crippen MR) is 118 cm³/mol. The maximum Gasteiger partial charge on any atom is 0.220 e. The smallest absolute Gasteiger partial charge is 0.220 e. The van der Waals surface area contributed by atoms with Crippen molar-refractivity contribution in [3.05, 3.63) is 72.9 Å². The lowest BCUT2D eigenvalue weighted by molar-refractivity contribution is -0.121. The number of nitrogens with one attached hydrogen (secondary N) is 1. The Bertz CT molecular complexity index is 657. The topological polar surface area (TPSA) is 49.3 Å². The van der Waals surface area contributed by atoms with Crippen LogP contribution in [0.1, 0.15) is 63.8 Å². The Hall–Kier alpha value is -2.13. The molecule has 0 aliphatic heterocycles. The van der Waals surface area contributed by atoms with Gasteiger partial charge in [-0.3, -0.25) is 4.79 Å². The van der Waals surface area contributed by atoms with E-state index in [1.165, 1.54) is 0 Å². The summed E-state index contributed by atoms with van der Waals surface area (Å²) in [7, 11) is 0. The standard InChI is InChI=1S/C24H37NO2/c1-2-3-4-5-6-7-8-9-10-11-12-13-14-15-16-17-18-19-20-21-24(27)25-22-23-26/h3-4,6-7,9-10,12-13,15-16,18-19,26H,2,5,8,11,14,17,20-23H2,1H3,(H,25,27)/b4-3-,7-6-,10-9+,13-12-,16-15-,19-18-/i22D2,23D2. The number of hydrogen-bond acceptors (Lipinski definition) is 2. The minimum absolute atomic E-state index is 0.0256. The van der Waals surface area contributed by atoms with Crippen LogP contribution in [0.4, 0.5) is 0 Å². The third-order valence-corrected chi connectivity index (χ3v) is 3.39. The van der Waals surface area contributed by atoms with Crippen molar-refractivity contribution < 1.29 is 15.4 Å². The van der Waals surface area contributed by atoms with Crippen LogP contribution >= 0.6 is 0 Å². The zero-order chi connectivity index (χ0) is 23.4. The Kier molecular flexibility index (Phi) is 14.8. The molecule has 150 valence electrons. The second kappa shape index (κ2) is 21.9. The molecular weight excluding hydrogens is 334 g/mol. The largest absolute Gasteiger partial charge is 0.395 e. The van der Waals surface area contributed by atoms with E-state index in [9.17, 15) is 4.79 Å². The van der Waals surface area contributed by atoms with Crippen molar-refractivity contribution in [1.82, 2.24) is 5.32 Å². The summed E-state index contributed by atoms with van der Waals surface area (Å²) in [6.07, 6.45) is 31.2. The maximum atomic E-state index is 11.6. The molecule has 0 radical (unpaired) electrons. The van der Waals surface area contributed by atoms with Crippen LogP contribution in [0.2, 0.25) is 0 Å². The molecule has 0 saturated carbocycles. The Labute approximate surface area is 171 Å². The Morgan fingerprint density at radius 3 is 1.59 bits per heavy atom. The summed E-state index contributed by atoms with van der Waals surface area (Å²) < 4.78 is 28.5. The third-order valence-electron chi connectivity index (χ3n) is 3.39. The van der Waals surface area contributed by atoms with Crippen LogP contribution in [0.3, 0.4) is 0 Å². The summed E-state index contributed by atoms with van der Waals surface area (Å²) >= 11 is 0. The van der Waals surface area contributed by atoms with Gasteiger partial charge in [-0.05, 0) is 44.9 Å². The number of rotatable bonds is 16. The highest BCUT2D eigenvalue weighted by molar-refractivity contribution is 5.75. The molecule has 0 saturated heterocycles. The first-order chi connectivity index (χ1) is 14.7. The number of carbonyl (C=O) groups is 1. The fourth-order valence-electron chi connectivity index (χ4n) is 2.01. The second-order valence-corrected chi connectivity index (χ2v) is 5.74. The van der Waals surface area contributed by atoms with Crippen molar-refractivity contribution >= 4 is 5.91 Å². The Balaban J connectivity index is 3.78. The van der Waals surface area contributed by atoms with Crippen LogP contribution < -0.4 is 5.32 Å². The molecule has 0 aromatic carbocycles. The van der Waals surface area contributed by atoms with E-state index in [0.29, 0.717) is 6.42 Å². The van der Waals surface area contributed by atoms with E-state index in [4.69, 9.17) is 10.6 Å². The molecule has 0 unspecified atom stereocenters. The summed E-state index contributed by atoms with van der Waals surface area (Å²) in [6, 6.07) is 0. The van der Waals surface area contributed by atoms with Crippen LogP contribution in [0.25, 0.3) is 0 Å². The highest BCUT2D eigenvalue weighted by Crippen LogP contribution is 1.97. The van der Waals surface area contributed by atoms with Gasteiger partial charge in [-0.25, -0.2) is 0 Å². The number of amides is 1. The van der Waals surface area contributed by atoms with Crippen LogP contribution in [0, 0.1) is 0 Å².